The average Bonchev–Trinajstić information content (AvgIpc) is 2.26. The SMILES string of the molecule is CCCCCCCCCCCCOCO. The summed E-state index contributed by atoms with van der Waals surface area (Å²) in [6.07, 6.45) is 13.4. The molecule has 0 aliphatic carbocycles. The quantitative estimate of drug-likeness (QED) is 0.396. The zero-order valence-corrected chi connectivity index (χ0v) is 10.3. The van der Waals surface area contributed by atoms with E-state index in [2.05, 4.69) is 6.92 Å². The van der Waals surface area contributed by atoms with E-state index < -0.39 is 0 Å². The molecule has 92 valence electrons. The Labute approximate surface area is 95.0 Å². The van der Waals surface area contributed by atoms with Crippen LogP contribution in [0, 0.1) is 0 Å². The number of unbranched alkanes of at least 4 members (excludes halogenated alkanes) is 9. The standard InChI is InChI=1S/C13H28O2/c1-2-3-4-5-6-7-8-9-10-11-12-15-13-14/h14H,2-13H2,1H3. The number of hydrogen-bond acceptors (Lipinski definition) is 2. The predicted molar refractivity (Wildman–Crippen MR) is 64.9 cm³/mol. The van der Waals surface area contributed by atoms with Crippen LogP contribution in [0.3, 0.4) is 0 Å². The van der Waals surface area contributed by atoms with Crippen molar-refractivity contribution in [2.75, 3.05) is 13.4 Å². The van der Waals surface area contributed by atoms with Gasteiger partial charge in [0.15, 0.2) is 0 Å². The smallest absolute Gasteiger partial charge is 0.143 e. The molecule has 0 radical (unpaired) electrons. The largest absolute Gasteiger partial charge is 0.371 e. The van der Waals surface area contributed by atoms with Crippen molar-refractivity contribution in [1.29, 1.82) is 0 Å². The van der Waals surface area contributed by atoms with E-state index in [0.29, 0.717) is 6.61 Å². The second kappa shape index (κ2) is 13.9. The van der Waals surface area contributed by atoms with Crippen LogP contribution in [0.5, 0.6) is 0 Å². The van der Waals surface area contributed by atoms with Crippen LogP contribution in [0.4, 0.5) is 0 Å². The maximum Gasteiger partial charge on any atom is 0.143 e. The second-order valence-corrected chi connectivity index (χ2v) is 4.22. The molecule has 1 N–H and O–H groups in total. The van der Waals surface area contributed by atoms with E-state index in [1.165, 1.54) is 57.8 Å². The molecule has 0 aromatic rings. The van der Waals surface area contributed by atoms with E-state index in [4.69, 9.17) is 9.84 Å². The lowest BCUT2D eigenvalue weighted by molar-refractivity contribution is -0.00284. The Kier molecular flexibility index (Phi) is 13.8. The maximum absolute atomic E-state index is 8.39. The fourth-order valence-corrected chi connectivity index (χ4v) is 1.76. The summed E-state index contributed by atoms with van der Waals surface area (Å²) in [4.78, 5) is 0. The molecule has 2 nitrogen and oxygen atoms in total. The van der Waals surface area contributed by atoms with Gasteiger partial charge in [0.1, 0.15) is 6.79 Å². The molecule has 0 aliphatic heterocycles. The zero-order chi connectivity index (χ0) is 11.2. The third-order valence-corrected chi connectivity index (χ3v) is 2.73. The Bertz CT molecular complexity index is 92.7. The van der Waals surface area contributed by atoms with Gasteiger partial charge in [-0.15, -0.1) is 0 Å². The number of rotatable bonds is 12. The number of aliphatic hydroxyl groups excluding tert-OH is 1. The molecule has 0 aliphatic rings. The Morgan fingerprint density at radius 3 is 1.67 bits per heavy atom. The minimum Gasteiger partial charge on any atom is -0.371 e. The third-order valence-electron chi connectivity index (χ3n) is 2.73. The summed E-state index contributed by atoms with van der Waals surface area (Å²) in [5.74, 6) is 0. The van der Waals surface area contributed by atoms with Crippen LogP contribution >= 0.6 is 0 Å². The molecular weight excluding hydrogens is 188 g/mol. The normalized spacial score (nSPS) is 10.8. The molecule has 15 heavy (non-hydrogen) atoms. The lowest BCUT2D eigenvalue weighted by Gasteiger charge is -2.02. The van der Waals surface area contributed by atoms with E-state index in [0.717, 1.165) is 6.42 Å². The first-order chi connectivity index (χ1) is 7.41. The van der Waals surface area contributed by atoms with Crippen LogP contribution in [0.25, 0.3) is 0 Å². The highest BCUT2D eigenvalue weighted by Gasteiger charge is 1.92. The summed E-state index contributed by atoms with van der Waals surface area (Å²) in [5, 5.41) is 8.39. The van der Waals surface area contributed by atoms with Crippen LogP contribution < -0.4 is 0 Å². The summed E-state index contributed by atoms with van der Waals surface area (Å²) in [7, 11) is 0. The van der Waals surface area contributed by atoms with Crippen molar-refractivity contribution >= 4 is 0 Å². The van der Waals surface area contributed by atoms with Crippen LogP contribution in [-0.2, 0) is 4.74 Å². The van der Waals surface area contributed by atoms with E-state index >= 15 is 0 Å². The van der Waals surface area contributed by atoms with Crippen molar-refractivity contribution < 1.29 is 9.84 Å². The van der Waals surface area contributed by atoms with Crippen molar-refractivity contribution in [3.05, 3.63) is 0 Å². The Morgan fingerprint density at radius 2 is 1.20 bits per heavy atom. The molecular formula is C13H28O2. The monoisotopic (exact) mass is 216 g/mol. The lowest BCUT2D eigenvalue weighted by atomic mass is 10.1. The topological polar surface area (TPSA) is 29.5 Å². The molecule has 0 fully saturated rings. The number of ether oxygens (including phenoxy) is 1. The molecule has 0 spiro atoms. The molecule has 0 rings (SSSR count). The van der Waals surface area contributed by atoms with Gasteiger partial charge in [-0.05, 0) is 6.42 Å². The minimum atomic E-state index is -0.128. The van der Waals surface area contributed by atoms with Crippen molar-refractivity contribution in [2.24, 2.45) is 0 Å². The van der Waals surface area contributed by atoms with E-state index in [9.17, 15) is 0 Å². The molecule has 0 saturated heterocycles. The van der Waals surface area contributed by atoms with Gasteiger partial charge in [0.2, 0.25) is 0 Å². The molecule has 0 aromatic carbocycles. The minimum absolute atomic E-state index is 0.128. The Morgan fingerprint density at radius 1 is 0.733 bits per heavy atom. The summed E-state index contributed by atoms with van der Waals surface area (Å²) < 4.78 is 4.86. The Hall–Kier alpha value is -0.0800. The first kappa shape index (κ1) is 14.9. The molecule has 0 saturated carbocycles. The summed E-state index contributed by atoms with van der Waals surface area (Å²) in [5.41, 5.74) is 0. The third kappa shape index (κ3) is 13.9. The number of aliphatic hydroxyl groups is 1. The van der Waals surface area contributed by atoms with E-state index in [1.807, 2.05) is 0 Å². The van der Waals surface area contributed by atoms with Crippen LogP contribution in [-0.4, -0.2) is 18.5 Å². The van der Waals surface area contributed by atoms with Crippen molar-refractivity contribution in [1.82, 2.24) is 0 Å². The zero-order valence-electron chi connectivity index (χ0n) is 10.3. The first-order valence-corrected chi connectivity index (χ1v) is 6.60. The van der Waals surface area contributed by atoms with Crippen molar-refractivity contribution in [3.8, 4) is 0 Å². The highest BCUT2D eigenvalue weighted by Crippen LogP contribution is 2.10. The summed E-state index contributed by atoms with van der Waals surface area (Å²) in [6, 6.07) is 0. The van der Waals surface area contributed by atoms with Crippen molar-refractivity contribution in [3.63, 3.8) is 0 Å². The summed E-state index contributed by atoms with van der Waals surface area (Å²) >= 11 is 0. The molecule has 0 bridgehead atoms. The molecule has 2 heteroatoms. The van der Waals surface area contributed by atoms with Crippen LogP contribution in [0.2, 0.25) is 0 Å². The van der Waals surface area contributed by atoms with Gasteiger partial charge in [-0.25, -0.2) is 0 Å². The maximum atomic E-state index is 8.39. The van der Waals surface area contributed by atoms with E-state index in [-0.39, 0.29) is 6.79 Å². The van der Waals surface area contributed by atoms with Crippen LogP contribution in [0.1, 0.15) is 71.1 Å². The van der Waals surface area contributed by atoms with Gasteiger partial charge in [0, 0.05) is 6.61 Å². The molecule has 0 amide bonds. The fourth-order valence-electron chi connectivity index (χ4n) is 1.76. The van der Waals surface area contributed by atoms with E-state index in [1.54, 1.807) is 0 Å². The van der Waals surface area contributed by atoms with Gasteiger partial charge >= 0.3 is 0 Å². The molecule has 0 atom stereocenters. The van der Waals surface area contributed by atoms with Crippen LogP contribution in [0.15, 0.2) is 0 Å². The highest BCUT2D eigenvalue weighted by atomic mass is 16.6. The molecule has 0 aromatic heterocycles. The van der Waals surface area contributed by atoms with Crippen molar-refractivity contribution in [2.45, 2.75) is 71.1 Å². The van der Waals surface area contributed by atoms with Gasteiger partial charge in [-0.1, -0.05) is 64.7 Å². The summed E-state index contributed by atoms with van der Waals surface area (Å²) in [6.45, 7) is 2.85. The number of hydrogen-bond donors (Lipinski definition) is 1. The molecule has 0 heterocycles. The first-order valence-electron chi connectivity index (χ1n) is 6.60. The highest BCUT2D eigenvalue weighted by molar-refractivity contribution is 4.47. The lowest BCUT2D eigenvalue weighted by Crippen LogP contribution is -1.94. The second-order valence-electron chi connectivity index (χ2n) is 4.22. The molecule has 0 unspecified atom stereocenters. The van der Waals surface area contributed by atoms with Gasteiger partial charge in [-0.2, -0.15) is 0 Å². The van der Waals surface area contributed by atoms with Gasteiger partial charge in [0.25, 0.3) is 0 Å². The predicted octanol–water partition coefficient (Wildman–Crippen LogP) is 3.87. The average molecular weight is 216 g/mol. The van der Waals surface area contributed by atoms with Gasteiger partial charge in [0.05, 0.1) is 0 Å². The Balaban J connectivity index is 2.81. The van der Waals surface area contributed by atoms with Gasteiger partial charge in [-0.3, -0.25) is 0 Å². The fraction of sp³-hybridized carbons (Fsp3) is 1.00. The van der Waals surface area contributed by atoms with Gasteiger partial charge < -0.3 is 9.84 Å².